The van der Waals surface area contributed by atoms with Crippen LogP contribution in [0.15, 0.2) is 46.6 Å². The van der Waals surface area contributed by atoms with E-state index in [0.717, 1.165) is 30.0 Å². The van der Waals surface area contributed by atoms with E-state index in [1.54, 1.807) is 6.07 Å². The third kappa shape index (κ3) is 3.32. The van der Waals surface area contributed by atoms with Gasteiger partial charge in [0.25, 0.3) is 0 Å². The Hall–Kier alpha value is -2.34. The van der Waals surface area contributed by atoms with Gasteiger partial charge in [0, 0.05) is 11.8 Å². The summed E-state index contributed by atoms with van der Waals surface area (Å²) in [4.78, 5) is 0. The first-order valence-corrected chi connectivity index (χ1v) is 6.42. The maximum atomic E-state index is 9.85. The highest BCUT2D eigenvalue weighted by Crippen LogP contribution is 2.34. The molecular formula is C16H16N2O. The zero-order valence-electron chi connectivity index (χ0n) is 10.9. The van der Waals surface area contributed by atoms with Crippen molar-refractivity contribution in [3.8, 4) is 17.7 Å². The summed E-state index contributed by atoms with van der Waals surface area (Å²) in [6, 6.07) is 13.9. The Labute approximate surface area is 113 Å². The lowest BCUT2D eigenvalue weighted by Crippen LogP contribution is -1.74. The second-order valence-electron chi connectivity index (χ2n) is 4.25. The number of aromatic hydroxyl groups is 1. The second kappa shape index (κ2) is 6.55. The third-order valence-electron chi connectivity index (χ3n) is 2.81. The normalized spacial score (nSPS) is 10.6. The van der Waals surface area contributed by atoms with Gasteiger partial charge in [0.1, 0.15) is 11.4 Å². The molecule has 0 aliphatic heterocycles. The highest BCUT2D eigenvalue weighted by molar-refractivity contribution is 5.95. The van der Waals surface area contributed by atoms with Crippen molar-refractivity contribution >= 4 is 16.5 Å². The monoisotopic (exact) mass is 252 g/mol. The number of hydrogen-bond acceptors (Lipinski definition) is 3. The summed E-state index contributed by atoms with van der Waals surface area (Å²) in [5.41, 5.74) is 0.475. The zero-order chi connectivity index (χ0) is 13.5. The number of hydrogen-bond donors (Lipinski definition) is 1. The minimum absolute atomic E-state index is 0.123. The lowest BCUT2D eigenvalue weighted by atomic mass is 10.1. The Morgan fingerprint density at radius 3 is 2.84 bits per heavy atom. The van der Waals surface area contributed by atoms with Crippen LogP contribution < -0.4 is 0 Å². The Morgan fingerprint density at radius 2 is 2.00 bits per heavy atom. The Kier molecular flexibility index (Phi) is 4.52. The fraction of sp³-hybridized carbons (Fsp3) is 0.250. The molecule has 0 heterocycles. The van der Waals surface area contributed by atoms with Gasteiger partial charge in [-0.3, -0.25) is 0 Å². The van der Waals surface area contributed by atoms with Crippen LogP contribution in [-0.2, 0) is 0 Å². The van der Waals surface area contributed by atoms with Crippen LogP contribution in [0.1, 0.15) is 26.2 Å². The van der Waals surface area contributed by atoms with Crippen molar-refractivity contribution in [2.24, 2.45) is 10.2 Å². The molecule has 0 bridgehead atoms. The molecule has 3 nitrogen and oxygen atoms in total. The molecule has 0 fully saturated rings. The van der Waals surface area contributed by atoms with Gasteiger partial charge < -0.3 is 5.11 Å². The van der Waals surface area contributed by atoms with Crippen molar-refractivity contribution in [2.75, 3.05) is 0 Å². The molecule has 2 aromatic rings. The van der Waals surface area contributed by atoms with Crippen LogP contribution in [0.4, 0.5) is 5.69 Å². The van der Waals surface area contributed by atoms with Crippen molar-refractivity contribution in [3.63, 3.8) is 0 Å². The van der Waals surface area contributed by atoms with E-state index in [4.69, 9.17) is 0 Å². The summed E-state index contributed by atoms with van der Waals surface area (Å²) in [6.45, 7) is 2.12. The lowest BCUT2D eigenvalue weighted by Gasteiger charge is -2.02. The molecule has 0 aliphatic rings. The molecular weight excluding hydrogens is 236 g/mol. The van der Waals surface area contributed by atoms with Crippen LogP contribution in [0.2, 0.25) is 0 Å². The average Bonchev–Trinajstić information content (AvgIpc) is 2.44. The maximum Gasteiger partial charge on any atom is 0.143 e. The van der Waals surface area contributed by atoms with Gasteiger partial charge in [0.15, 0.2) is 0 Å². The van der Waals surface area contributed by atoms with Gasteiger partial charge in [0.2, 0.25) is 0 Å². The molecule has 0 aromatic heterocycles. The molecule has 0 unspecified atom stereocenters. The van der Waals surface area contributed by atoms with E-state index >= 15 is 0 Å². The van der Waals surface area contributed by atoms with E-state index in [1.165, 1.54) is 0 Å². The summed E-state index contributed by atoms with van der Waals surface area (Å²) in [5.74, 6) is 3.06. The summed E-state index contributed by atoms with van der Waals surface area (Å²) in [7, 11) is 0. The van der Waals surface area contributed by atoms with Gasteiger partial charge >= 0.3 is 0 Å². The molecule has 0 saturated carbocycles. The first-order chi connectivity index (χ1) is 9.33. The number of phenolic OH excluding ortho intramolecular Hbond substituents is 1. The molecule has 0 atom stereocenters. The molecule has 0 aliphatic carbocycles. The van der Waals surface area contributed by atoms with E-state index in [2.05, 4.69) is 29.1 Å². The first-order valence-electron chi connectivity index (χ1n) is 6.42. The van der Waals surface area contributed by atoms with Crippen LogP contribution >= 0.6 is 0 Å². The fourth-order valence-electron chi connectivity index (χ4n) is 1.78. The summed E-state index contributed by atoms with van der Waals surface area (Å²) < 4.78 is 0. The molecule has 96 valence electrons. The molecule has 2 aromatic carbocycles. The Bertz CT molecular complexity index is 651. The molecule has 3 heteroatoms. The third-order valence-corrected chi connectivity index (χ3v) is 2.81. The van der Waals surface area contributed by atoms with Gasteiger partial charge in [-0.2, -0.15) is 0 Å². The van der Waals surface area contributed by atoms with Crippen molar-refractivity contribution in [2.45, 2.75) is 26.2 Å². The second-order valence-corrected chi connectivity index (χ2v) is 4.25. The SMILES string of the molecule is CCCCC#CN=Nc1c(O)ccc2ccccc12. The maximum absolute atomic E-state index is 9.85. The smallest absolute Gasteiger partial charge is 0.143 e. The number of rotatable bonds is 3. The zero-order valence-corrected chi connectivity index (χ0v) is 10.9. The molecule has 19 heavy (non-hydrogen) atoms. The number of benzene rings is 2. The van der Waals surface area contributed by atoms with Crippen molar-refractivity contribution in [1.82, 2.24) is 0 Å². The van der Waals surface area contributed by atoms with Crippen LogP contribution in [0.25, 0.3) is 10.8 Å². The quantitative estimate of drug-likeness (QED) is 0.477. The topological polar surface area (TPSA) is 45.0 Å². The molecule has 0 saturated heterocycles. The van der Waals surface area contributed by atoms with Crippen LogP contribution in [0.3, 0.4) is 0 Å². The Balaban J connectivity index is 2.26. The molecule has 0 spiro atoms. The van der Waals surface area contributed by atoms with Crippen LogP contribution in [-0.4, -0.2) is 5.11 Å². The van der Waals surface area contributed by atoms with Gasteiger partial charge in [-0.15, -0.1) is 5.11 Å². The predicted molar refractivity (Wildman–Crippen MR) is 77.4 cm³/mol. The molecule has 2 rings (SSSR count). The van der Waals surface area contributed by atoms with Crippen LogP contribution in [0, 0.1) is 12.0 Å². The van der Waals surface area contributed by atoms with Crippen molar-refractivity contribution < 1.29 is 5.11 Å². The van der Waals surface area contributed by atoms with E-state index in [0.29, 0.717) is 5.69 Å². The number of unbranched alkanes of at least 4 members (excludes halogenated alkanes) is 2. The van der Waals surface area contributed by atoms with Gasteiger partial charge in [-0.05, 0) is 17.9 Å². The largest absolute Gasteiger partial charge is 0.506 e. The molecule has 0 radical (unpaired) electrons. The number of phenols is 1. The Morgan fingerprint density at radius 1 is 1.16 bits per heavy atom. The van der Waals surface area contributed by atoms with Gasteiger partial charge in [-0.1, -0.05) is 54.7 Å². The highest BCUT2D eigenvalue weighted by Gasteiger charge is 2.04. The minimum atomic E-state index is 0.123. The van der Waals surface area contributed by atoms with E-state index in [1.807, 2.05) is 30.3 Å². The molecule has 0 amide bonds. The van der Waals surface area contributed by atoms with Gasteiger partial charge in [0.05, 0.1) is 6.04 Å². The number of fused-ring (bicyclic) bond motifs is 1. The van der Waals surface area contributed by atoms with Crippen molar-refractivity contribution in [3.05, 3.63) is 36.4 Å². The number of nitrogens with zero attached hydrogens (tertiary/aromatic N) is 2. The average molecular weight is 252 g/mol. The van der Waals surface area contributed by atoms with Crippen molar-refractivity contribution in [1.29, 1.82) is 0 Å². The summed E-state index contributed by atoms with van der Waals surface area (Å²) in [6.07, 6.45) is 3.02. The summed E-state index contributed by atoms with van der Waals surface area (Å²) in [5, 5.41) is 19.6. The highest BCUT2D eigenvalue weighted by atomic mass is 16.3. The van der Waals surface area contributed by atoms with E-state index in [9.17, 15) is 5.11 Å². The first kappa shape index (κ1) is 13.1. The van der Waals surface area contributed by atoms with E-state index < -0.39 is 0 Å². The summed E-state index contributed by atoms with van der Waals surface area (Å²) >= 11 is 0. The predicted octanol–water partition coefficient (Wildman–Crippen LogP) is 4.78. The standard InChI is InChI=1S/C16H16N2O/c1-2-3-4-7-12-17-18-16-14-9-6-5-8-13(14)10-11-15(16)19/h5-6,8-11,19H,2-4H2,1H3. The van der Waals surface area contributed by atoms with Gasteiger partial charge in [-0.25, -0.2) is 0 Å². The lowest BCUT2D eigenvalue weighted by molar-refractivity contribution is 0.477. The minimum Gasteiger partial charge on any atom is -0.506 e. The van der Waals surface area contributed by atoms with E-state index in [-0.39, 0.29) is 5.75 Å². The number of azo groups is 1. The fourth-order valence-corrected chi connectivity index (χ4v) is 1.78. The molecule has 1 N–H and O–H groups in total. The van der Waals surface area contributed by atoms with Crippen LogP contribution in [0.5, 0.6) is 5.75 Å².